The molecule has 1 rings (SSSR count). The molecule has 0 radical (unpaired) electrons. The van der Waals surface area contributed by atoms with Crippen molar-refractivity contribution < 1.29 is 49.0 Å². The molecule has 6 atom stereocenters. The van der Waals surface area contributed by atoms with Crippen LogP contribution in [0, 0.1) is 0 Å². The molecule has 54 heavy (non-hydrogen) atoms. The Labute approximate surface area is 328 Å². The zero-order chi connectivity index (χ0) is 39.5. The third-order valence-corrected chi connectivity index (χ3v) is 10.1. The molecule has 0 bridgehead atoms. The molecule has 0 aliphatic carbocycles. The highest BCUT2D eigenvalue weighted by atomic mass is 16.7. The number of aliphatic hydroxyl groups excluding tert-OH is 4. The van der Waals surface area contributed by atoms with Gasteiger partial charge in [0.25, 0.3) is 0 Å². The summed E-state index contributed by atoms with van der Waals surface area (Å²) in [6.07, 6.45) is 30.5. The standard InChI is InChI=1S/C44H80O10/c1-3-5-7-9-11-13-15-17-18-19-20-21-23-24-26-28-30-32-39(46)51-35-37(36-52-44-43(50)42(49)41(48)38(34-45)54-44)53-40(47)33-31-29-27-25-22-16-14-12-10-8-6-4-2/h20-21,24,26,37-38,41-45,48-50H,3-19,22-23,25,27-36H2,1-2H3/b21-20+,26-24+/t37-,38-,41+,42?,43?,44-/m0/s1. The summed E-state index contributed by atoms with van der Waals surface area (Å²) in [4.78, 5) is 25.2. The van der Waals surface area contributed by atoms with Crippen LogP contribution in [0.1, 0.15) is 187 Å². The summed E-state index contributed by atoms with van der Waals surface area (Å²) in [5.41, 5.74) is 0. The van der Waals surface area contributed by atoms with E-state index >= 15 is 0 Å². The first-order chi connectivity index (χ1) is 26.3. The first-order valence-corrected chi connectivity index (χ1v) is 21.9. The highest BCUT2D eigenvalue weighted by molar-refractivity contribution is 5.70. The smallest absolute Gasteiger partial charge is 0.306 e. The average Bonchev–Trinajstić information content (AvgIpc) is 3.17. The predicted octanol–water partition coefficient (Wildman–Crippen LogP) is 8.94. The number of hydrogen-bond acceptors (Lipinski definition) is 10. The van der Waals surface area contributed by atoms with Crippen LogP contribution >= 0.6 is 0 Å². The maximum absolute atomic E-state index is 12.7. The number of esters is 2. The van der Waals surface area contributed by atoms with Gasteiger partial charge in [0.1, 0.15) is 31.0 Å². The Morgan fingerprint density at radius 1 is 0.574 bits per heavy atom. The fourth-order valence-electron chi connectivity index (χ4n) is 6.58. The van der Waals surface area contributed by atoms with Gasteiger partial charge in [-0.3, -0.25) is 9.59 Å². The van der Waals surface area contributed by atoms with Crippen molar-refractivity contribution in [3.63, 3.8) is 0 Å². The molecule has 4 N–H and O–H groups in total. The summed E-state index contributed by atoms with van der Waals surface area (Å²) in [5, 5.41) is 40.0. The highest BCUT2D eigenvalue weighted by Crippen LogP contribution is 2.22. The molecule has 1 saturated heterocycles. The number of carbonyl (C=O) groups excluding carboxylic acids is 2. The monoisotopic (exact) mass is 769 g/mol. The summed E-state index contributed by atoms with van der Waals surface area (Å²) < 4.78 is 22.1. The first-order valence-electron chi connectivity index (χ1n) is 21.9. The Hall–Kier alpha value is -1.82. The van der Waals surface area contributed by atoms with Crippen LogP contribution in [0.15, 0.2) is 24.3 Å². The summed E-state index contributed by atoms with van der Waals surface area (Å²) in [6, 6.07) is 0. The second kappa shape index (κ2) is 35.6. The van der Waals surface area contributed by atoms with Gasteiger partial charge in [-0.05, 0) is 38.5 Å². The minimum absolute atomic E-state index is 0.214. The Morgan fingerprint density at radius 2 is 1.06 bits per heavy atom. The van der Waals surface area contributed by atoms with E-state index in [9.17, 15) is 30.0 Å². The van der Waals surface area contributed by atoms with Crippen molar-refractivity contribution >= 4 is 11.9 Å². The van der Waals surface area contributed by atoms with Crippen LogP contribution in [0.25, 0.3) is 0 Å². The summed E-state index contributed by atoms with van der Waals surface area (Å²) in [7, 11) is 0. The normalized spacial score (nSPS) is 20.9. The van der Waals surface area contributed by atoms with E-state index in [1.165, 1.54) is 109 Å². The zero-order valence-corrected chi connectivity index (χ0v) is 34.2. The quantitative estimate of drug-likeness (QED) is 0.0276. The van der Waals surface area contributed by atoms with Crippen LogP contribution in [-0.2, 0) is 28.5 Å². The van der Waals surface area contributed by atoms with E-state index in [1.54, 1.807) is 0 Å². The zero-order valence-electron chi connectivity index (χ0n) is 34.2. The average molecular weight is 769 g/mol. The lowest BCUT2D eigenvalue weighted by Crippen LogP contribution is -2.59. The van der Waals surface area contributed by atoms with E-state index in [0.29, 0.717) is 12.8 Å². The summed E-state index contributed by atoms with van der Waals surface area (Å²) in [5.74, 6) is -0.855. The van der Waals surface area contributed by atoms with Crippen LogP contribution in [-0.4, -0.2) is 89.0 Å². The molecular weight excluding hydrogens is 688 g/mol. The van der Waals surface area contributed by atoms with Crippen molar-refractivity contribution in [1.29, 1.82) is 0 Å². The topological polar surface area (TPSA) is 152 Å². The number of rotatable bonds is 36. The van der Waals surface area contributed by atoms with Crippen LogP contribution in [0.2, 0.25) is 0 Å². The molecule has 2 unspecified atom stereocenters. The van der Waals surface area contributed by atoms with Crippen LogP contribution in [0.4, 0.5) is 0 Å². The van der Waals surface area contributed by atoms with E-state index in [1.807, 2.05) is 0 Å². The summed E-state index contributed by atoms with van der Waals surface area (Å²) >= 11 is 0. The molecule has 1 aliphatic rings. The van der Waals surface area contributed by atoms with Gasteiger partial charge >= 0.3 is 11.9 Å². The minimum Gasteiger partial charge on any atom is -0.462 e. The van der Waals surface area contributed by atoms with Gasteiger partial charge in [-0.25, -0.2) is 0 Å². The van der Waals surface area contributed by atoms with Gasteiger partial charge in [0.05, 0.1) is 13.2 Å². The van der Waals surface area contributed by atoms with E-state index in [-0.39, 0.29) is 26.1 Å². The lowest BCUT2D eigenvalue weighted by Gasteiger charge is -2.39. The molecule has 10 nitrogen and oxygen atoms in total. The van der Waals surface area contributed by atoms with E-state index < -0.39 is 55.4 Å². The molecule has 0 aromatic heterocycles. The predicted molar refractivity (Wildman–Crippen MR) is 215 cm³/mol. The molecule has 1 fully saturated rings. The number of unbranched alkanes of at least 4 members (excludes halogenated alkanes) is 21. The van der Waals surface area contributed by atoms with Crippen molar-refractivity contribution in [2.24, 2.45) is 0 Å². The van der Waals surface area contributed by atoms with E-state index in [0.717, 1.165) is 38.5 Å². The molecule has 1 heterocycles. The van der Waals surface area contributed by atoms with Gasteiger partial charge in [0.2, 0.25) is 0 Å². The van der Waals surface area contributed by atoms with Gasteiger partial charge in [-0.1, -0.05) is 160 Å². The van der Waals surface area contributed by atoms with Gasteiger partial charge in [0, 0.05) is 12.8 Å². The Bertz CT molecular complexity index is 938. The Kier molecular flexibility index (Phi) is 33.1. The Balaban J connectivity index is 2.36. The Morgan fingerprint density at radius 3 is 1.59 bits per heavy atom. The first kappa shape index (κ1) is 50.2. The molecule has 1 aliphatic heterocycles. The maximum Gasteiger partial charge on any atom is 0.306 e. The second-order valence-electron chi connectivity index (χ2n) is 15.2. The molecule has 0 saturated carbocycles. The largest absolute Gasteiger partial charge is 0.462 e. The van der Waals surface area contributed by atoms with Crippen molar-refractivity contribution in [3.05, 3.63) is 24.3 Å². The highest BCUT2D eigenvalue weighted by Gasteiger charge is 2.44. The lowest BCUT2D eigenvalue weighted by molar-refractivity contribution is -0.305. The fourth-order valence-corrected chi connectivity index (χ4v) is 6.58. The van der Waals surface area contributed by atoms with Gasteiger partial charge in [0.15, 0.2) is 12.4 Å². The lowest BCUT2D eigenvalue weighted by atomic mass is 9.99. The van der Waals surface area contributed by atoms with Gasteiger partial charge in [-0.15, -0.1) is 0 Å². The molecule has 0 aromatic rings. The van der Waals surface area contributed by atoms with Gasteiger partial charge in [-0.2, -0.15) is 0 Å². The van der Waals surface area contributed by atoms with Crippen LogP contribution < -0.4 is 0 Å². The maximum atomic E-state index is 12.7. The number of carbonyl (C=O) groups is 2. The molecule has 316 valence electrons. The molecule has 0 amide bonds. The number of aliphatic hydroxyl groups is 4. The minimum atomic E-state index is -1.60. The van der Waals surface area contributed by atoms with Crippen molar-refractivity contribution in [1.82, 2.24) is 0 Å². The number of hydrogen-bond donors (Lipinski definition) is 4. The van der Waals surface area contributed by atoms with E-state index in [4.69, 9.17) is 18.9 Å². The fraction of sp³-hybridized carbons (Fsp3) is 0.864. The molecule has 0 aromatic carbocycles. The number of ether oxygens (including phenoxy) is 4. The van der Waals surface area contributed by atoms with Crippen molar-refractivity contribution in [3.8, 4) is 0 Å². The van der Waals surface area contributed by atoms with Gasteiger partial charge < -0.3 is 39.4 Å². The van der Waals surface area contributed by atoms with Crippen molar-refractivity contribution in [2.75, 3.05) is 19.8 Å². The molecule has 10 heteroatoms. The van der Waals surface area contributed by atoms with Crippen LogP contribution in [0.3, 0.4) is 0 Å². The van der Waals surface area contributed by atoms with Crippen LogP contribution in [0.5, 0.6) is 0 Å². The third kappa shape index (κ3) is 26.9. The SMILES string of the molecule is CCCCCCCCCCC/C=C/C/C=C/CCCC(=O)OC[C@@H](CO[C@H]1O[C@@H](CO)[C@@H](O)C(O)C1O)OC(=O)CCCCCCCCCCCCCC. The second-order valence-corrected chi connectivity index (χ2v) is 15.2. The summed E-state index contributed by atoms with van der Waals surface area (Å²) in [6.45, 7) is 3.38. The molecule has 0 spiro atoms. The van der Waals surface area contributed by atoms with Crippen molar-refractivity contribution in [2.45, 2.75) is 224 Å². The third-order valence-electron chi connectivity index (χ3n) is 10.1. The van der Waals surface area contributed by atoms with E-state index in [2.05, 4.69) is 38.2 Å². The number of allylic oxidation sites excluding steroid dienone is 4. The molecular formula is C44H80O10.